The Morgan fingerprint density at radius 1 is 1.18 bits per heavy atom. The molecule has 1 saturated heterocycles. The van der Waals surface area contributed by atoms with Gasteiger partial charge in [-0.05, 0) is 36.6 Å². The van der Waals surface area contributed by atoms with Crippen molar-refractivity contribution < 1.29 is 26.9 Å². The number of carbonyl (C=O) groups is 1. The van der Waals surface area contributed by atoms with Gasteiger partial charge in [0.1, 0.15) is 11.3 Å². The van der Waals surface area contributed by atoms with E-state index in [4.69, 9.17) is 13.7 Å². The van der Waals surface area contributed by atoms with Gasteiger partial charge in [0, 0.05) is 37.5 Å². The topological polar surface area (TPSA) is 100 Å². The number of carbonyl (C=O) groups excluding carboxylic acids is 1. The fraction of sp³-hybridized carbons (Fsp3) is 0.375. The number of furan rings is 1. The largest absolute Gasteiger partial charge is 0.475 e. The number of rotatable bonds is 9. The molecule has 4 rings (SSSR count). The second kappa shape index (κ2) is 9.94. The van der Waals surface area contributed by atoms with Gasteiger partial charge in [-0.15, -0.1) is 0 Å². The van der Waals surface area contributed by atoms with Crippen molar-refractivity contribution >= 4 is 27.0 Å². The van der Waals surface area contributed by atoms with Crippen LogP contribution in [0.5, 0.6) is 5.75 Å². The molecule has 3 aromatic rings. The van der Waals surface area contributed by atoms with E-state index in [1.165, 1.54) is 0 Å². The summed E-state index contributed by atoms with van der Waals surface area (Å²) < 4.78 is 41.7. The van der Waals surface area contributed by atoms with E-state index in [2.05, 4.69) is 4.90 Å². The molecule has 1 aromatic heterocycles. The fourth-order valence-corrected chi connectivity index (χ4v) is 4.57. The first-order valence-corrected chi connectivity index (χ1v) is 12.5. The second-order valence-electron chi connectivity index (χ2n) is 8.36. The van der Waals surface area contributed by atoms with Crippen LogP contribution in [0.25, 0.3) is 11.0 Å². The fourth-order valence-electron chi connectivity index (χ4n) is 4.29. The van der Waals surface area contributed by atoms with Crippen molar-refractivity contribution in [1.82, 2.24) is 9.80 Å². The number of nitrogens with zero attached hydrogens (tertiary/aromatic N) is 2. The van der Waals surface area contributed by atoms with E-state index in [0.717, 1.165) is 48.0 Å². The van der Waals surface area contributed by atoms with E-state index >= 15 is 0 Å². The predicted molar refractivity (Wildman–Crippen MR) is 124 cm³/mol. The van der Waals surface area contributed by atoms with Gasteiger partial charge in [-0.2, -0.15) is 8.42 Å². The summed E-state index contributed by atoms with van der Waals surface area (Å²) in [5.41, 5.74) is 2.54. The van der Waals surface area contributed by atoms with E-state index in [9.17, 15) is 13.2 Å². The first kappa shape index (κ1) is 23.3. The summed E-state index contributed by atoms with van der Waals surface area (Å²) in [5, 5.41) is 0.945. The number of hydrogen-bond acceptors (Lipinski definition) is 6. The molecular weight excluding hydrogens is 444 g/mol. The number of fused-ring (bicyclic) bond motifs is 1. The Balaban J connectivity index is 1.50. The van der Waals surface area contributed by atoms with E-state index < -0.39 is 16.1 Å². The number of likely N-dealkylation sites (N-methyl/N-ethyl adjacent to an activating group) is 1. The Labute approximate surface area is 193 Å². The SMILES string of the molecule is CN(C(=O)Cc1coc2ccccc12)C(Cc1cccc(OCS(=O)(=O)O)c1)N1CCCC1. The minimum atomic E-state index is -4.23. The summed E-state index contributed by atoms with van der Waals surface area (Å²) in [5.74, 6) is -0.454. The van der Waals surface area contributed by atoms with Crippen molar-refractivity contribution in [2.75, 3.05) is 26.1 Å². The third-order valence-corrected chi connectivity index (χ3v) is 6.41. The van der Waals surface area contributed by atoms with E-state index in [-0.39, 0.29) is 18.5 Å². The Morgan fingerprint density at radius 2 is 1.94 bits per heavy atom. The normalized spacial score (nSPS) is 15.6. The third kappa shape index (κ3) is 5.93. The lowest BCUT2D eigenvalue weighted by molar-refractivity contribution is -0.134. The zero-order valence-electron chi connectivity index (χ0n) is 18.5. The van der Waals surface area contributed by atoms with Gasteiger partial charge in [0.05, 0.1) is 18.8 Å². The molecular formula is C24H28N2O6S. The van der Waals surface area contributed by atoms with Crippen LogP contribution in [-0.2, 0) is 27.8 Å². The van der Waals surface area contributed by atoms with Crippen LogP contribution >= 0.6 is 0 Å². The zero-order valence-corrected chi connectivity index (χ0v) is 19.3. The van der Waals surface area contributed by atoms with Crippen LogP contribution in [0.3, 0.4) is 0 Å². The molecule has 1 amide bonds. The first-order valence-electron chi connectivity index (χ1n) is 10.9. The van der Waals surface area contributed by atoms with Crippen LogP contribution in [0, 0.1) is 0 Å². The molecule has 2 aromatic carbocycles. The molecule has 8 nitrogen and oxygen atoms in total. The summed E-state index contributed by atoms with van der Waals surface area (Å²) in [6.07, 6.45) is 4.49. The number of para-hydroxylation sites is 1. The van der Waals surface area contributed by atoms with Gasteiger partial charge >= 0.3 is 10.1 Å². The van der Waals surface area contributed by atoms with E-state index in [1.54, 1.807) is 29.4 Å². The maximum absolute atomic E-state index is 13.3. The highest BCUT2D eigenvalue weighted by atomic mass is 32.2. The molecule has 2 heterocycles. The highest BCUT2D eigenvalue weighted by Crippen LogP contribution is 2.24. The molecule has 1 aliphatic heterocycles. The van der Waals surface area contributed by atoms with Crippen molar-refractivity contribution in [1.29, 1.82) is 0 Å². The Hall–Kier alpha value is -2.88. The molecule has 1 N–H and O–H groups in total. The van der Waals surface area contributed by atoms with Crippen molar-refractivity contribution in [2.45, 2.75) is 31.8 Å². The van der Waals surface area contributed by atoms with Crippen molar-refractivity contribution in [2.24, 2.45) is 0 Å². The number of hydrogen-bond donors (Lipinski definition) is 1. The van der Waals surface area contributed by atoms with Crippen LogP contribution in [0.2, 0.25) is 0 Å². The molecule has 1 atom stereocenters. The molecule has 1 fully saturated rings. The highest BCUT2D eigenvalue weighted by Gasteiger charge is 2.29. The van der Waals surface area contributed by atoms with Crippen LogP contribution in [0.1, 0.15) is 24.0 Å². The summed E-state index contributed by atoms with van der Waals surface area (Å²) in [6, 6.07) is 14.8. The quantitative estimate of drug-likeness (QED) is 0.477. The van der Waals surface area contributed by atoms with Crippen LogP contribution in [0.4, 0.5) is 0 Å². The van der Waals surface area contributed by atoms with Crippen molar-refractivity contribution in [3.8, 4) is 5.75 Å². The highest BCUT2D eigenvalue weighted by molar-refractivity contribution is 7.85. The van der Waals surface area contributed by atoms with Crippen LogP contribution < -0.4 is 4.74 Å². The van der Waals surface area contributed by atoms with Crippen molar-refractivity contribution in [3.63, 3.8) is 0 Å². The van der Waals surface area contributed by atoms with Crippen molar-refractivity contribution in [3.05, 3.63) is 65.9 Å². The molecule has 176 valence electrons. The first-order chi connectivity index (χ1) is 15.8. The standard InChI is InChI=1S/C24H28N2O6S/c1-25(24(27)15-19-16-31-22-10-3-2-9-21(19)22)23(26-11-4-5-12-26)14-18-7-6-8-20(13-18)32-17-33(28,29)30/h2-3,6-10,13,16,23H,4-5,11-12,14-15,17H2,1H3,(H,28,29,30). The van der Waals surface area contributed by atoms with Gasteiger partial charge in [-0.25, -0.2) is 0 Å². The molecule has 33 heavy (non-hydrogen) atoms. The Morgan fingerprint density at radius 3 is 2.70 bits per heavy atom. The number of benzene rings is 2. The van der Waals surface area contributed by atoms with E-state index in [0.29, 0.717) is 12.2 Å². The number of amides is 1. The lowest BCUT2D eigenvalue weighted by Crippen LogP contribution is -2.49. The van der Waals surface area contributed by atoms with Gasteiger partial charge in [-0.3, -0.25) is 14.2 Å². The minimum absolute atomic E-state index is 0.00256. The lowest BCUT2D eigenvalue weighted by Gasteiger charge is -2.35. The summed E-state index contributed by atoms with van der Waals surface area (Å²) in [7, 11) is -2.40. The average Bonchev–Trinajstić information content (AvgIpc) is 3.46. The molecule has 1 aliphatic rings. The molecule has 0 saturated carbocycles. The molecule has 9 heteroatoms. The molecule has 0 bridgehead atoms. The second-order valence-corrected chi connectivity index (χ2v) is 9.76. The maximum Gasteiger partial charge on any atom is 0.300 e. The van der Waals surface area contributed by atoms with Gasteiger partial charge in [0.2, 0.25) is 11.8 Å². The molecule has 0 radical (unpaired) electrons. The predicted octanol–water partition coefficient (Wildman–Crippen LogP) is 3.32. The number of likely N-dealkylation sites (tertiary alicyclic amines) is 1. The van der Waals surface area contributed by atoms with Gasteiger partial charge < -0.3 is 14.1 Å². The van der Waals surface area contributed by atoms with E-state index in [1.807, 2.05) is 37.4 Å². The van der Waals surface area contributed by atoms with Gasteiger partial charge in [0.25, 0.3) is 0 Å². The smallest absolute Gasteiger partial charge is 0.300 e. The minimum Gasteiger partial charge on any atom is -0.475 e. The molecule has 1 unspecified atom stereocenters. The van der Waals surface area contributed by atoms with Gasteiger partial charge in [0.15, 0.2) is 0 Å². The molecule has 0 spiro atoms. The maximum atomic E-state index is 13.3. The van der Waals surface area contributed by atoms with Crippen LogP contribution in [-0.4, -0.2) is 60.9 Å². The summed E-state index contributed by atoms with van der Waals surface area (Å²) in [4.78, 5) is 17.4. The lowest BCUT2D eigenvalue weighted by atomic mass is 10.1. The van der Waals surface area contributed by atoms with Crippen LogP contribution in [0.15, 0.2) is 59.2 Å². The Bertz CT molecular complexity index is 1220. The molecule has 0 aliphatic carbocycles. The summed E-state index contributed by atoms with van der Waals surface area (Å²) >= 11 is 0. The zero-order chi connectivity index (χ0) is 23.4. The monoisotopic (exact) mass is 472 g/mol. The van der Waals surface area contributed by atoms with Gasteiger partial charge in [-0.1, -0.05) is 30.3 Å². The Kier molecular flexibility index (Phi) is 7.02. The third-order valence-electron chi connectivity index (χ3n) is 6.00. The summed E-state index contributed by atoms with van der Waals surface area (Å²) in [6.45, 7) is 1.83. The average molecular weight is 473 g/mol. The number of ether oxygens (including phenoxy) is 1.